The maximum atomic E-state index is 6.16. The van der Waals surface area contributed by atoms with Gasteiger partial charge in [-0.3, -0.25) is 0 Å². The van der Waals surface area contributed by atoms with Crippen LogP contribution in [0.5, 0.6) is 34.5 Å². The van der Waals surface area contributed by atoms with Crippen molar-refractivity contribution in [2.75, 3.05) is 66.1 Å². The minimum atomic E-state index is -0.0291. The summed E-state index contributed by atoms with van der Waals surface area (Å²) in [4.78, 5) is 0. The molecule has 0 saturated carbocycles. The topological polar surface area (TPSA) is 73.8 Å². The van der Waals surface area contributed by atoms with Crippen molar-refractivity contribution in [3.8, 4) is 34.5 Å². The fourth-order valence-electron chi connectivity index (χ4n) is 4.45. The highest BCUT2D eigenvalue weighted by molar-refractivity contribution is 5.46. The Labute approximate surface area is 262 Å². The number of hydrogen-bond acceptors (Lipinski definition) is 8. The van der Waals surface area contributed by atoms with Crippen molar-refractivity contribution in [1.82, 2.24) is 0 Å². The number of benzene rings is 3. The van der Waals surface area contributed by atoms with Crippen LogP contribution < -0.4 is 28.4 Å². The molecule has 0 saturated heterocycles. The highest BCUT2D eigenvalue weighted by atomic mass is 16.6. The van der Waals surface area contributed by atoms with Crippen molar-refractivity contribution >= 4 is 0 Å². The van der Waals surface area contributed by atoms with E-state index < -0.39 is 0 Å². The Kier molecular flexibility index (Phi) is 12.0. The van der Waals surface area contributed by atoms with Crippen molar-refractivity contribution in [2.24, 2.45) is 0 Å². The summed E-state index contributed by atoms with van der Waals surface area (Å²) in [5.74, 6) is 3.97. The van der Waals surface area contributed by atoms with Gasteiger partial charge in [0.2, 0.25) is 0 Å². The standard InChI is InChI=1S/C36H48O8/c1-35(2,3)27-11-13-31-33(25-27)43-23-21-41-29-9-7-8-10-30(29)42-22-24-44-34-26-28(36(4,5)6)12-14-32(34)40-20-18-38-16-15-37-17-19-39-31/h7-14,25-26H,15-24H2,1-6H3. The lowest BCUT2D eigenvalue weighted by atomic mass is 9.87. The first-order valence-electron chi connectivity index (χ1n) is 15.4. The van der Waals surface area contributed by atoms with Crippen LogP contribution in [0.25, 0.3) is 0 Å². The van der Waals surface area contributed by atoms with Gasteiger partial charge in [-0.2, -0.15) is 0 Å². The molecular weight excluding hydrogens is 560 g/mol. The van der Waals surface area contributed by atoms with Gasteiger partial charge in [0.05, 0.1) is 26.4 Å². The molecule has 8 heteroatoms. The minimum Gasteiger partial charge on any atom is -0.487 e. The van der Waals surface area contributed by atoms with E-state index in [4.69, 9.17) is 37.9 Å². The van der Waals surface area contributed by atoms with E-state index in [1.165, 1.54) is 0 Å². The summed E-state index contributed by atoms with van der Waals surface area (Å²) in [5.41, 5.74) is 2.26. The molecule has 0 fully saturated rings. The molecule has 1 heterocycles. The van der Waals surface area contributed by atoms with E-state index in [0.717, 1.165) is 11.1 Å². The number of fused-ring (bicyclic) bond motifs is 3. The lowest BCUT2D eigenvalue weighted by Crippen LogP contribution is -2.16. The molecule has 8 nitrogen and oxygen atoms in total. The van der Waals surface area contributed by atoms with Crippen LogP contribution in [0.15, 0.2) is 60.7 Å². The lowest BCUT2D eigenvalue weighted by Gasteiger charge is -2.22. The van der Waals surface area contributed by atoms with Crippen molar-refractivity contribution in [3.63, 3.8) is 0 Å². The van der Waals surface area contributed by atoms with Gasteiger partial charge in [-0.15, -0.1) is 0 Å². The van der Waals surface area contributed by atoms with Crippen LogP contribution in [0.2, 0.25) is 0 Å². The van der Waals surface area contributed by atoms with Gasteiger partial charge in [-0.25, -0.2) is 0 Å². The largest absolute Gasteiger partial charge is 0.487 e. The van der Waals surface area contributed by atoms with Crippen molar-refractivity contribution in [1.29, 1.82) is 0 Å². The van der Waals surface area contributed by atoms with Crippen molar-refractivity contribution in [2.45, 2.75) is 52.4 Å². The first-order chi connectivity index (χ1) is 21.1. The summed E-state index contributed by atoms with van der Waals surface area (Å²) < 4.78 is 47.9. The number of ether oxygens (including phenoxy) is 8. The van der Waals surface area contributed by atoms with Crippen LogP contribution in [0, 0.1) is 0 Å². The van der Waals surface area contributed by atoms with Crippen LogP contribution in [-0.2, 0) is 20.3 Å². The molecular formula is C36H48O8. The zero-order valence-electron chi connectivity index (χ0n) is 27.1. The first kappa shape index (κ1) is 33.3. The fraction of sp³-hybridized carbons (Fsp3) is 0.500. The second-order valence-electron chi connectivity index (χ2n) is 12.6. The van der Waals surface area contributed by atoms with E-state index in [1.807, 2.05) is 48.5 Å². The maximum Gasteiger partial charge on any atom is 0.161 e. The first-order valence-corrected chi connectivity index (χ1v) is 15.4. The summed E-state index contributed by atoms with van der Waals surface area (Å²) in [5, 5.41) is 0. The predicted molar refractivity (Wildman–Crippen MR) is 171 cm³/mol. The summed E-state index contributed by atoms with van der Waals surface area (Å²) in [6, 6.07) is 19.7. The van der Waals surface area contributed by atoms with Gasteiger partial charge >= 0.3 is 0 Å². The van der Waals surface area contributed by atoms with Gasteiger partial charge in [-0.1, -0.05) is 65.8 Å². The van der Waals surface area contributed by atoms with Crippen molar-refractivity contribution in [3.05, 3.63) is 71.8 Å². The second kappa shape index (κ2) is 15.9. The average molecular weight is 609 g/mol. The Hall–Kier alpha value is -3.62. The SMILES string of the molecule is CC(C)(C)c1ccc2c(c1)OCCOc1ccccc1OCCOc1cc(C(C)(C)C)ccc1OCCOCCOCCO2. The Morgan fingerprint density at radius 3 is 1.02 bits per heavy atom. The van der Waals surface area contributed by atoms with Gasteiger partial charge < -0.3 is 37.9 Å². The third kappa shape index (κ3) is 10.2. The molecule has 0 aliphatic carbocycles. The van der Waals surface area contributed by atoms with Gasteiger partial charge in [0, 0.05) is 0 Å². The highest BCUT2D eigenvalue weighted by Gasteiger charge is 2.19. The zero-order valence-corrected chi connectivity index (χ0v) is 27.1. The molecule has 0 bridgehead atoms. The Morgan fingerprint density at radius 2 is 0.659 bits per heavy atom. The third-order valence-corrected chi connectivity index (χ3v) is 7.01. The molecule has 0 unspecified atom stereocenters. The number of rotatable bonds is 0. The van der Waals surface area contributed by atoms with Gasteiger partial charge in [-0.05, 0) is 58.4 Å². The quantitative estimate of drug-likeness (QED) is 0.270. The van der Waals surface area contributed by atoms with Crippen molar-refractivity contribution < 1.29 is 37.9 Å². The lowest BCUT2D eigenvalue weighted by molar-refractivity contribution is 0.0267. The Balaban J connectivity index is 1.45. The van der Waals surface area contributed by atoms with Crippen LogP contribution in [-0.4, -0.2) is 66.1 Å². The highest BCUT2D eigenvalue weighted by Crippen LogP contribution is 2.35. The molecule has 240 valence electrons. The Bertz CT molecular complexity index is 1210. The summed E-state index contributed by atoms with van der Waals surface area (Å²) >= 11 is 0. The molecule has 0 N–H and O–H groups in total. The Morgan fingerprint density at radius 1 is 0.364 bits per heavy atom. The van der Waals surface area contributed by atoms with E-state index in [0.29, 0.717) is 101 Å². The fourth-order valence-corrected chi connectivity index (χ4v) is 4.45. The zero-order chi connectivity index (χ0) is 31.4. The van der Waals surface area contributed by atoms with Gasteiger partial charge in [0.1, 0.15) is 39.6 Å². The normalized spacial score (nSPS) is 16.4. The average Bonchev–Trinajstić information content (AvgIpc) is 2.98. The van der Waals surface area contributed by atoms with E-state index in [2.05, 4.69) is 53.7 Å². The molecule has 4 rings (SSSR count). The second-order valence-corrected chi connectivity index (χ2v) is 12.6. The van der Waals surface area contributed by atoms with Crippen LogP contribution in [0.4, 0.5) is 0 Å². The molecule has 44 heavy (non-hydrogen) atoms. The molecule has 0 radical (unpaired) electrons. The van der Waals surface area contributed by atoms with E-state index in [9.17, 15) is 0 Å². The molecule has 0 amide bonds. The summed E-state index contributed by atoms with van der Waals surface area (Å²) in [6.45, 7) is 16.9. The number of hydrogen-bond donors (Lipinski definition) is 0. The van der Waals surface area contributed by atoms with E-state index >= 15 is 0 Å². The summed E-state index contributed by atoms with van der Waals surface area (Å²) in [6.07, 6.45) is 0. The van der Waals surface area contributed by atoms with Crippen LogP contribution >= 0.6 is 0 Å². The predicted octanol–water partition coefficient (Wildman–Crippen LogP) is 7.00. The molecule has 1 aliphatic rings. The third-order valence-electron chi connectivity index (χ3n) is 7.01. The van der Waals surface area contributed by atoms with E-state index in [1.54, 1.807) is 0 Å². The van der Waals surface area contributed by atoms with Crippen LogP contribution in [0.3, 0.4) is 0 Å². The number of para-hydroxylation sites is 2. The molecule has 1 aliphatic heterocycles. The summed E-state index contributed by atoms with van der Waals surface area (Å²) in [7, 11) is 0. The van der Waals surface area contributed by atoms with Gasteiger partial charge in [0.15, 0.2) is 34.5 Å². The maximum absolute atomic E-state index is 6.16. The van der Waals surface area contributed by atoms with Gasteiger partial charge in [0.25, 0.3) is 0 Å². The monoisotopic (exact) mass is 608 g/mol. The van der Waals surface area contributed by atoms with E-state index in [-0.39, 0.29) is 10.8 Å². The van der Waals surface area contributed by atoms with Crippen LogP contribution in [0.1, 0.15) is 52.7 Å². The molecule has 3 aromatic rings. The molecule has 0 aromatic heterocycles. The molecule has 0 spiro atoms. The molecule has 3 aromatic carbocycles. The molecule has 0 atom stereocenters. The minimum absolute atomic E-state index is 0.0291. The smallest absolute Gasteiger partial charge is 0.161 e.